The Balaban J connectivity index is 2.20. The zero-order chi connectivity index (χ0) is 10.4. The number of likely N-dealkylation sites (N-methyl/N-ethyl adjacent to an activating group) is 2. The standard InChI is InChI=1S/C10H20N4/c1-11-5-7-13(2)6-4-10-8-12-14(3)9-10/h8-9,11H,4-7H2,1-3H3. The zero-order valence-electron chi connectivity index (χ0n) is 9.32. The first-order valence-electron chi connectivity index (χ1n) is 5.03. The van der Waals surface area contributed by atoms with E-state index in [-0.39, 0.29) is 0 Å². The minimum atomic E-state index is 1.05. The molecule has 0 saturated carbocycles. The van der Waals surface area contributed by atoms with Crippen molar-refractivity contribution >= 4 is 0 Å². The van der Waals surface area contributed by atoms with Crippen molar-refractivity contribution in [2.75, 3.05) is 33.7 Å². The molecule has 1 heterocycles. The van der Waals surface area contributed by atoms with Crippen molar-refractivity contribution in [3.05, 3.63) is 18.0 Å². The van der Waals surface area contributed by atoms with Crippen LogP contribution in [0.1, 0.15) is 5.56 Å². The molecule has 0 unspecified atom stereocenters. The van der Waals surface area contributed by atoms with Gasteiger partial charge in [-0.2, -0.15) is 5.10 Å². The molecule has 80 valence electrons. The molecule has 0 aliphatic carbocycles. The maximum Gasteiger partial charge on any atom is 0.0522 e. The van der Waals surface area contributed by atoms with Gasteiger partial charge < -0.3 is 10.2 Å². The molecule has 4 heteroatoms. The Hall–Kier alpha value is -0.870. The van der Waals surface area contributed by atoms with Gasteiger partial charge in [-0.05, 0) is 26.1 Å². The summed E-state index contributed by atoms with van der Waals surface area (Å²) in [5.41, 5.74) is 1.31. The molecule has 0 saturated heterocycles. The number of aromatic nitrogens is 2. The van der Waals surface area contributed by atoms with Crippen molar-refractivity contribution in [3.8, 4) is 0 Å². The second kappa shape index (κ2) is 5.78. The Bertz CT molecular complexity index is 256. The molecule has 1 aromatic heterocycles. The van der Waals surface area contributed by atoms with Crippen LogP contribution in [0.5, 0.6) is 0 Å². The highest BCUT2D eigenvalue weighted by Gasteiger charge is 1.99. The van der Waals surface area contributed by atoms with Crippen molar-refractivity contribution in [1.82, 2.24) is 20.0 Å². The lowest BCUT2D eigenvalue weighted by molar-refractivity contribution is 0.339. The van der Waals surface area contributed by atoms with E-state index < -0.39 is 0 Å². The number of rotatable bonds is 6. The van der Waals surface area contributed by atoms with Crippen molar-refractivity contribution < 1.29 is 0 Å². The van der Waals surface area contributed by atoms with Crippen LogP contribution in [0, 0.1) is 0 Å². The number of nitrogens with one attached hydrogen (secondary N) is 1. The minimum absolute atomic E-state index is 1.05. The average molecular weight is 196 g/mol. The molecule has 0 aliphatic rings. The SMILES string of the molecule is CNCCN(C)CCc1cnn(C)c1. The Morgan fingerprint density at radius 1 is 1.50 bits per heavy atom. The molecule has 0 spiro atoms. The van der Waals surface area contributed by atoms with Gasteiger partial charge in [0.05, 0.1) is 6.20 Å². The molecule has 0 aromatic carbocycles. The van der Waals surface area contributed by atoms with Crippen molar-refractivity contribution in [3.63, 3.8) is 0 Å². The fourth-order valence-corrected chi connectivity index (χ4v) is 1.34. The third-order valence-corrected chi connectivity index (χ3v) is 2.28. The van der Waals surface area contributed by atoms with E-state index in [1.54, 1.807) is 0 Å². The Kier molecular flexibility index (Phi) is 4.62. The van der Waals surface area contributed by atoms with E-state index in [9.17, 15) is 0 Å². The summed E-state index contributed by atoms with van der Waals surface area (Å²) in [6.07, 6.45) is 5.09. The molecule has 4 nitrogen and oxygen atoms in total. The van der Waals surface area contributed by atoms with Crippen LogP contribution in [0.25, 0.3) is 0 Å². The molecule has 0 atom stereocenters. The molecule has 0 fully saturated rings. The number of nitrogens with zero attached hydrogens (tertiary/aromatic N) is 3. The Morgan fingerprint density at radius 3 is 2.86 bits per heavy atom. The molecule has 0 amide bonds. The molecule has 0 aliphatic heterocycles. The van der Waals surface area contributed by atoms with Gasteiger partial charge in [0.2, 0.25) is 0 Å². The Morgan fingerprint density at radius 2 is 2.29 bits per heavy atom. The van der Waals surface area contributed by atoms with Crippen LogP contribution in [0.15, 0.2) is 12.4 Å². The maximum absolute atomic E-state index is 4.14. The van der Waals surface area contributed by atoms with Gasteiger partial charge in [0.1, 0.15) is 0 Å². The third kappa shape index (κ3) is 3.89. The molecule has 0 radical (unpaired) electrons. The lowest BCUT2D eigenvalue weighted by Gasteiger charge is -2.15. The minimum Gasteiger partial charge on any atom is -0.318 e. The lowest BCUT2D eigenvalue weighted by Crippen LogP contribution is -2.28. The number of hydrogen-bond acceptors (Lipinski definition) is 3. The van der Waals surface area contributed by atoms with E-state index in [0.29, 0.717) is 0 Å². The highest BCUT2D eigenvalue weighted by molar-refractivity contribution is 5.03. The largest absolute Gasteiger partial charge is 0.318 e. The normalized spacial score (nSPS) is 11.1. The lowest BCUT2D eigenvalue weighted by atomic mass is 10.2. The molecular weight excluding hydrogens is 176 g/mol. The van der Waals surface area contributed by atoms with Gasteiger partial charge in [-0.15, -0.1) is 0 Å². The van der Waals surface area contributed by atoms with Gasteiger partial charge in [-0.3, -0.25) is 4.68 Å². The second-order valence-corrected chi connectivity index (χ2v) is 3.68. The van der Waals surface area contributed by atoms with Gasteiger partial charge in [0.15, 0.2) is 0 Å². The van der Waals surface area contributed by atoms with Crippen molar-refractivity contribution in [2.24, 2.45) is 7.05 Å². The van der Waals surface area contributed by atoms with Crippen molar-refractivity contribution in [2.45, 2.75) is 6.42 Å². The van der Waals surface area contributed by atoms with E-state index in [4.69, 9.17) is 0 Å². The van der Waals surface area contributed by atoms with Gasteiger partial charge in [0.25, 0.3) is 0 Å². The summed E-state index contributed by atoms with van der Waals surface area (Å²) in [5, 5.41) is 7.29. The van der Waals surface area contributed by atoms with Crippen LogP contribution in [0.3, 0.4) is 0 Å². The molecule has 1 N–H and O–H groups in total. The first-order valence-corrected chi connectivity index (χ1v) is 5.03. The molecule has 1 aromatic rings. The van der Waals surface area contributed by atoms with Crippen LogP contribution in [0.4, 0.5) is 0 Å². The van der Waals surface area contributed by atoms with Crippen LogP contribution in [0.2, 0.25) is 0 Å². The van der Waals surface area contributed by atoms with Gasteiger partial charge in [-0.1, -0.05) is 0 Å². The van der Waals surface area contributed by atoms with E-state index in [1.165, 1.54) is 5.56 Å². The monoisotopic (exact) mass is 196 g/mol. The van der Waals surface area contributed by atoms with E-state index >= 15 is 0 Å². The molecule has 0 bridgehead atoms. The zero-order valence-corrected chi connectivity index (χ0v) is 9.32. The summed E-state index contributed by atoms with van der Waals surface area (Å²) in [4.78, 5) is 2.32. The third-order valence-electron chi connectivity index (χ3n) is 2.28. The molecule has 1 rings (SSSR count). The summed E-state index contributed by atoms with van der Waals surface area (Å²) in [5.74, 6) is 0. The molecular formula is C10H20N4. The summed E-state index contributed by atoms with van der Waals surface area (Å²) in [6, 6.07) is 0. The second-order valence-electron chi connectivity index (χ2n) is 3.68. The van der Waals surface area contributed by atoms with E-state index in [0.717, 1.165) is 26.1 Å². The highest BCUT2D eigenvalue weighted by atomic mass is 15.2. The summed E-state index contributed by atoms with van der Waals surface area (Å²) in [7, 11) is 6.08. The predicted molar refractivity (Wildman–Crippen MR) is 58.3 cm³/mol. The van der Waals surface area contributed by atoms with Crippen LogP contribution in [-0.2, 0) is 13.5 Å². The average Bonchev–Trinajstić information content (AvgIpc) is 2.58. The number of aryl methyl sites for hydroxylation is 1. The fraction of sp³-hybridized carbons (Fsp3) is 0.700. The van der Waals surface area contributed by atoms with Crippen LogP contribution in [-0.4, -0.2) is 48.4 Å². The molecule has 14 heavy (non-hydrogen) atoms. The summed E-state index contributed by atoms with van der Waals surface area (Å²) >= 11 is 0. The van der Waals surface area contributed by atoms with Crippen molar-refractivity contribution in [1.29, 1.82) is 0 Å². The van der Waals surface area contributed by atoms with E-state index in [2.05, 4.69) is 28.6 Å². The topological polar surface area (TPSA) is 33.1 Å². The van der Waals surface area contributed by atoms with Crippen LogP contribution < -0.4 is 5.32 Å². The smallest absolute Gasteiger partial charge is 0.0522 e. The summed E-state index contributed by atoms with van der Waals surface area (Å²) in [6.45, 7) is 3.23. The van der Waals surface area contributed by atoms with Gasteiger partial charge in [-0.25, -0.2) is 0 Å². The van der Waals surface area contributed by atoms with Gasteiger partial charge in [0, 0.05) is 32.9 Å². The predicted octanol–water partition coefficient (Wildman–Crippen LogP) is 0.114. The first kappa shape index (κ1) is 11.2. The first-order chi connectivity index (χ1) is 6.72. The summed E-state index contributed by atoms with van der Waals surface area (Å²) < 4.78 is 1.85. The Labute approximate surface area is 85.9 Å². The quantitative estimate of drug-likeness (QED) is 0.701. The van der Waals surface area contributed by atoms with E-state index in [1.807, 2.05) is 25.0 Å². The highest BCUT2D eigenvalue weighted by Crippen LogP contribution is 1.98. The maximum atomic E-state index is 4.14. The number of hydrogen-bond donors (Lipinski definition) is 1. The fourth-order valence-electron chi connectivity index (χ4n) is 1.34. The van der Waals surface area contributed by atoms with Gasteiger partial charge >= 0.3 is 0 Å². The van der Waals surface area contributed by atoms with Crippen LogP contribution >= 0.6 is 0 Å².